The van der Waals surface area contributed by atoms with Gasteiger partial charge in [-0.15, -0.1) is 11.3 Å². The normalized spacial score (nSPS) is 19.0. The van der Waals surface area contributed by atoms with E-state index in [0.717, 1.165) is 54.9 Å². The summed E-state index contributed by atoms with van der Waals surface area (Å²) in [6.45, 7) is 1.31. The summed E-state index contributed by atoms with van der Waals surface area (Å²) in [7, 11) is 3.25. The molecule has 3 aliphatic carbocycles. The second-order valence-corrected chi connectivity index (χ2v) is 10.8. The summed E-state index contributed by atoms with van der Waals surface area (Å²) in [6.07, 6.45) is 6.92. The van der Waals surface area contributed by atoms with Crippen LogP contribution in [0.2, 0.25) is 0 Å². The van der Waals surface area contributed by atoms with E-state index in [1.54, 1.807) is 25.6 Å². The fourth-order valence-electron chi connectivity index (χ4n) is 4.54. The van der Waals surface area contributed by atoms with Gasteiger partial charge >= 0.3 is 0 Å². The van der Waals surface area contributed by atoms with E-state index in [-0.39, 0.29) is 23.8 Å². The number of aryl methyl sites for hydroxylation is 1. The number of fused-ring (bicyclic) bond motifs is 1. The van der Waals surface area contributed by atoms with Gasteiger partial charge in [0.2, 0.25) is 5.91 Å². The molecule has 5 rings (SSSR count). The molecular formula is C26H34N4O4S. The molecule has 0 spiro atoms. The zero-order valence-corrected chi connectivity index (χ0v) is 21.2. The molecule has 8 nitrogen and oxygen atoms in total. The van der Waals surface area contributed by atoms with Gasteiger partial charge in [-0.3, -0.25) is 14.9 Å². The number of methoxy groups -OCH3 is 2. The van der Waals surface area contributed by atoms with Crippen molar-refractivity contribution >= 4 is 33.8 Å². The highest BCUT2D eigenvalue weighted by Crippen LogP contribution is 2.40. The highest BCUT2D eigenvalue weighted by molar-refractivity contribution is 7.17. The Bertz CT molecular complexity index is 1090. The summed E-state index contributed by atoms with van der Waals surface area (Å²) in [4.78, 5) is 26.9. The first-order valence-electron chi connectivity index (χ1n) is 12.5. The molecule has 2 aromatic rings. The first-order valence-corrected chi connectivity index (χ1v) is 13.3. The van der Waals surface area contributed by atoms with Gasteiger partial charge in [-0.25, -0.2) is 0 Å². The maximum Gasteiger partial charge on any atom is 0.254 e. The van der Waals surface area contributed by atoms with Crippen LogP contribution in [-0.2, 0) is 17.6 Å². The first kappa shape index (κ1) is 23.9. The third-order valence-electron chi connectivity index (χ3n) is 6.99. The number of carbonyl (C=O) groups excluding carboxylic acids is 2. The minimum absolute atomic E-state index is 0.0497. The molecule has 1 aromatic carbocycles. The molecule has 9 heteroatoms. The lowest BCUT2D eigenvalue weighted by Crippen LogP contribution is -2.38. The van der Waals surface area contributed by atoms with Crippen molar-refractivity contribution in [1.82, 2.24) is 10.6 Å². The maximum atomic E-state index is 13.2. The molecule has 0 bridgehead atoms. The van der Waals surface area contributed by atoms with Crippen LogP contribution < -0.4 is 30.7 Å². The van der Waals surface area contributed by atoms with Crippen molar-refractivity contribution in [3.05, 3.63) is 34.2 Å². The molecular weight excluding hydrogens is 464 g/mol. The van der Waals surface area contributed by atoms with E-state index >= 15 is 0 Å². The average molecular weight is 499 g/mol. The SMILES string of the molecule is COc1ccc(NCNC2CCc3sc(NC(=O)C4CC4)c(C(=O)NCC4CC4)c3C2)cc1OC. The van der Waals surface area contributed by atoms with Crippen LogP contribution in [-0.4, -0.2) is 45.3 Å². The lowest BCUT2D eigenvalue weighted by atomic mass is 9.91. The Morgan fingerprint density at radius 3 is 2.57 bits per heavy atom. The largest absolute Gasteiger partial charge is 0.493 e. The predicted octanol–water partition coefficient (Wildman–Crippen LogP) is 3.77. The Balaban J connectivity index is 1.24. The molecule has 188 valence electrons. The number of amides is 2. The van der Waals surface area contributed by atoms with Gasteiger partial charge in [-0.1, -0.05) is 0 Å². The molecule has 2 amide bonds. The number of nitrogens with one attached hydrogen (secondary N) is 4. The third-order valence-corrected chi connectivity index (χ3v) is 8.20. The summed E-state index contributed by atoms with van der Waals surface area (Å²) >= 11 is 1.58. The Hall–Kier alpha value is -2.78. The topological polar surface area (TPSA) is 101 Å². The van der Waals surface area contributed by atoms with E-state index in [4.69, 9.17) is 9.47 Å². The number of ether oxygens (including phenoxy) is 2. The first-order chi connectivity index (χ1) is 17.1. The molecule has 2 saturated carbocycles. The number of hydrogen-bond acceptors (Lipinski definition) is 7. The van der Waals surface area contributed by atoms with E-state index in [1.807, 2.05) is 18.2 Å². The number of carbonyl (C=O) groups is 2. The fourth-order valence-corrected chi connectivity index (χ4v) is 5.78. The van der Waals surface area contributed by atoms with Crippen LogP contribution in [0.4, 0.5) is 10.7 Å². The van der Waals surface area contributed by atoms with Gasteiger partial charge in [-0.05, 0) is 68.6 Å². The molecule has 1 aromatic heterocycles. The van der Waals surface area contributed by atoms with Gasteiger partial charge in [-0.2, -0.15) is 0 Å². The Morgan fingerprint density at radius 1 is 1.06 bits per heavy atom. The smallest absolute Gasteiger partial charge is 0.254 e. The van der Waals surface area contributed by atoms with Gasteiger partial charge in [0.25, 0.3) is 5.91 Å². The molecule has 0 aliphatic heterocycles. The number of thiophene rings is 1. The molecule has 0 saturated heterocycles. The molecule has 2 fully saturated rings. The van der Waals surface area contributed by atoms with E-state index in [0.29, 0.717) is 29.6 Å². The van der Waals surface area contributed by atoms with Gasteiger partial charge in [0, 0.05) is 35.1 Å². The summed E-state index contributed by atoms with van der Waals surface area (Å²) in [5, 5.41) is 13.9. The zero-order valence-electron chi connectivity index (χ0n) is 20.4. The Kier molecular flexibility index (Phi) is 7.15. The molecule has 3 aliphatic rings. The number of rotatable bonds is 11. The number of anilines is 2. The zero-order chi connectivity index (χ0) is 24.4. The van der Waals surface area contributed by atoms with Crippen molar-refractivity contribution in [2.45, 2.75) is 51.0 Å². The number of benzene rings is 1. The molecule has 0 radical (unpaired) electrons. The van der Waals surface area contributed by atoms with Crippen LogP contribution in [0.3, 0.4) is 0 Å². The highest BCUT2D eigenvalue weighted by atomic mass is 32.1. The van der Waals surface area contributed by atoms with E-state index < -0.39 is 0 Å². The quantitative estimate of drug-likeness (QED) is 0.352. The minimum atomic E-state index is -0.0513. The van der Waals surface area contributed by atoms with Crippen LogP contribution >= 0.6 is 11.3 Å². The van der Waals surface area contributed by atoms with Crippen LogP contribution in [0.1, 0.15) is 52.9 Å². The highest BCUT2D eigenvalue weighted by Gasteiger charge is 2.34. The van der Waals surface area contributed by atoms with Crippen molar-refractivity contribution in [2.24, 2.45) is 11.8 Å². The lowest BCUT2D eigenvalue weighted by molar-refractivity contribution is -0.117. The van der Waals surface area contributed by atoms with Gasteiger partial charge < -0.3 is 25.4 Å². The van der Waals surface area contributed by atoms with E-state index in [1.165, 1.54) is 17.7 Å². The minimum Gasteiger partial charge on any atom is -0.493 e. The summed E-state index contributed by atoms with van der Waals surface area (Å²) in [5.41, 5.74) is 2.70. The number of hydrogen-bond donors (Lipinski definition) is 4. The third kappa shape index (κ3) is 5.73. The van der Waals surface area contributed by atoms with Crippen LogP contribution in [0.5, 0.6) is 11.5 Å². The predicted molar refractivity (Wildman–Crippen MR) is 138 cm³/mol. The standard InChI is InChI=1S/C26H34N4O4S/c1-33-20-9-7-18(12-21(20)34-2)29-14-28-17-8-10-22-19(11-17)23(25(32)27-13-15-3-4-15)26(35-22)30-24(31)16-5-6-16/h7,9,12,15-17,28-29H,3-6,8,10-11,13-14H2,1-2H3,(H,27,32)(H,30,31). The van der Waals surface area contributed by atoms with Gasteiger partial charge in [0.15, 0.2) is 11.5 Å². The average Bonchev–Trinajstić information content (AvgIpc) is 3.79. The summed E-state index contributed by atoms with van der Waals surface area (Å²) in [6, 6.07) is 5.99. The lowest BCUT2D eigenvalue weighted by Gasteiger charge is -2.24. The Morgan fingerprint density at radius 2 is 1.86 bits per heavy atom. The molecule has 4 N–H and O–H groups in total. The molecule has 35 heavy (non-hydrogen) atoms. The van der Waals surface area contributed by atoms with Crippen LogP contribution in [0.25, 0.3) is 0 Å². The second kappa shape index (κ2) is 10.5. The van der Waals surface area contributed by atoms with Crippen molar-refractivity contribution < 1.29 is 19.1 Å². The van der Waals surface area contributed by atoms with Gasteiger partial charge in [0.05, 0.1) is 26.5 Å². The second-order valence-electron chi connectivity index (χ2n) is 9.69. The maximum absolute atomic E-state index is 13.2. The van der Waals surface area contributed by atoms with Crippen molar-refractivity contribution in [3.63, 3.8) is 0 Å². The Labute approximate surface area is 210 Å². The van der Waals surface area contributed by atoms with E-state index in [9.17, 15) is 9.59 Å². The fraction of sp³-hybridized carbons (Fsp3) is 0.538. The molecule has 1 unspecified atom stereocenters. The van der Waals surface area contributed by atoms with Crippen molar-refractivity contribution in [2.75, 3.05) is 38.1 Å². The van der Waals surface area contributed by atoms with Crippen molar-refractivity contribution in [1.29, 1.82) is 0 Å². The van der Waals surface area contributed by atoms with Crippen LogP contribution in [0.15, 0.2) is 18.2 Å². The molecule has 1 heterocycles. The van der Waals surface area contributed by atoms with E-state index in [2.05, 4.69) is 21.3 Å². The summed E-state index contributed by atoms with van der Waals surface area (Å²) in [5.74, 6) is 2.09. The molecule has 1 atom stereocenters. The summed E-state index contributed by atoms with van der Waals surface area (Å²) < 4.78 is 10.7. The van der Waals surface area contributed by atoms with Crippen LogP contribution in [0, 0.1) is 11.8 Å². The van der Waals surface area contributed by atoms with Gasteiger partial charge in [0.1, 0.15) is 5.00 Å². The van der Waals surface area contributed by atoms with Crippen molar-refractivity contribution in [3.8, 4) is 11.5 Å². The monoisotopic (exact) mass is 498 g/mol.